The lowest BCUT2D eigenvalue weighted by atomic mass is 10.0. The van der Waals surface area contributed by atoms with E-state index < -0.39 is 6.61 Å². The zero-order valence-corrected chi connectivity index (χ0v) is 11.9. The highest BCUT2D eigenvalue weighted by atomic mass is 35.5. The highest BCUT2D eigenvalue weighted by Gasteiger charge is 2.24. The van der Waals surface area contributed by atoms with E-state index in [1.165, 1.54) is 24.3 Å². The fraction of sp³-hybridized carbons (Fsp3) is 0.0625. The Morgan fingerprint density at radius 2 is 1.95 bits per heavy atom. The number of fused-ring (bicyclic) bond motifs is 1. The number of hydrogen-bond acceptors (Lipinski definition) is 2. The normalized spacial score (nSPS) is 15.1. The van der Waals surface area contributed by atoms with Gasteiger partial charge in [0.2, 0.25) is 0 Å². The maximum atomic E-state index is 12.5. The van der Waals surface area contributed by atoms with Gasteiger partial charge in [-0.25, -0.2) is 0 Å². The Bertz CT molecular complexity index is 774. The summed E-state index contributed by atoms with van der Waals surface area (Å²) in [4.78, 5) is 12.1. The lowest BCUT2D eigenvalue weighted by Gasteiger charge is -2.09. The van der Waals surface area contributed by atoms with Crippen LogP contribution in [0.3, 0.4) is 0 Å². The van der Waals surface area contributed by atoms with Gasteiger partial charge in [-0.1, -0.05) is 29.8 Å². The molecule has 1 aliphatic rings. The smallest absolute Gasteiger partial charge is 0.387 e. The molecule has 0 spiro atoms. The van der Waals surface area contributed by atoms with Crippen molar-refractivity contribution in [1.29, 1.82) is 0 Å². The number of nitrogens with one attached hydrogen (secondary N) is 1. The molecule has 1 N–H and O–H groups in total. The van der Waals surface area contributed by atoms with E-state index in [2.05, 4.69) is 10.1 Å². The molecule has 3 rings (SSSR count). The number of carbonyl (C=O) groups is 1. The molecule has 2 aromatic carbocycles. The van der Waals surface area contributed by atoms with Crippen LogP contribution in [0.5, 0.6) is 5.75 Å². The molecule has 0 atom stereocenters. The first-order valence-electron chi connectivity index (χ1n) is 6.41. The minimum absolute atomic E-state index is 0.0379. The van der Waals surface area contributed by atoms with Crippen LogP contribution in [0.15, 0.2) is 42.5 Å². The zero-order chi connectivity index (χ0) is 15.7. The highest BCUT2D eigenvalue weighted by Crippen LogP contribution is 2.35. The molecule has 1 heterocycles. The van der Waals surface area contributed by atoms with Crippen molar-refractivity contribution in [2.75, 3.05) is 5.32 Å². The fourth-order valence-corrected chi connectivity index (χ4v) is 2.45. The van der Waals surface area contributed by atoms with Crippen LogP contribution >= 0.6 is 11.6 Å². The molecule has 0 bridgehead atoms. The van der Waals surface area contributed by atoms with Crippen molar-refractivity contribution >= 4 is 34.8 Å². The van der Waals surface area contributed by atoms with Crippen LogP contribution in [-0.4, -0.2) is 12.5 Å². The van der Waals surface area contributed by atoms with Crippen LogP contribution in [0, 0.1) is 0 Å². The van der Waals surface area contributed by atoms with E-state index in [9.17, 15) is 13.6 Å². The molecule has 0 saturated heterocycles. The third-order valence-electron chi connectivity index (χ3n) is 3.20. The van der Waals surface area contributed by atoms with Gasteiger partial charge in [0.25, 0.3) is 5.91 Å². The molecule has 112 valence electrons. The summed E-state index contributed by atoms with van der Waals surface area (Å²) in [6.45, 7) is -2.96. The van der Waals surface area contributed by atoms with E-state index in [0.29, 0.717) is 27.4 Å². The van der Waals surface area contributed by atoms with Crippen molar-refractivity contribution in [3.63, 3.8) is 0 Å². The molecule has 0 unspecified atom stereocenters. The molecule has 0 radical (unpaired) electrons. The van der Waals surface area contributed by atoms with E-state index >= 15 is 0 Å². The monoisotopic (exact) mass is 321 g/mol. The topological polar surface area (TPSA) is 38.3 Å². The first kappa shape index (κ1) is 14.5. The summed E-state index contributed by atoms with van der Waals surface area (Å²) in [5.41, 5.74) is 2.07. The van der Waals surface area contributed by atoms with Gasteiger partial charge >= 0.3 is 6.61 Å². The van der Waals surface area contributed by atoms with Gasteiger partial charge in [0.05, 0.1) is 0 Å². The third-order valence-corrected chi connectivity index (χ3v) is 3.43. The summed E-state index contributed by atoms with van der Waals surface area (Å²) in [6.07, 6.45) is 1.49. The quantitative estimate of drug-likeness (QED) is 0.849. The minimum Gasteiger partial charge on any atom is -0.434 e. The Hall–Kier alpha value is -2.40. The lowest BCUT2D eigenvalue weighted by Crippen LogP contribution is -2.05. The molecular formula is C16H10ClF2NO2. The van der Waals surface area contributed by atoms with Crippen LogP contribution in [0.1, 0.15) is 11.1 Å². The number of para-hydroxylation sites is 1. The van der Waals surface area contributed by atoms with Crippen molar-refractivity contribution in [2.45, 2.75) is 6.61 Å². The van der Waals surface area contributed by atoms with Gasteiger partial charge in [-0.15, -0.1) is 0 Å². The van der Waals surface area contributed by atoms with Crippen molar-refractivity contribution in [2.24, 2.45) is 0 Å². The maximum absolute atomic E-state index is 12.5. The predicted octanol–water partition coefficient (Wildman–Crippen LogP) is 4.43. The molecule has 22 heavy (non-hydrogen) atoms. The van der Waals surface area contributed by atoms with Crippen molar-refractivity contribution < 1.29 is 18.3 Å². The van der Waals surface area contributed by atoms with E-state index in [4.69, 9.17) is 11.6 Å². The molecule has 0 fully saturated rings. The summed E-state index contributed by atoms with van der Waals surface area (Å²) in [5, 5.41) is 3.07. The van der Waals surface area contributed by atoms with Crippen LogP contribution in [0.25, 0.3) is 11.6 Å². The number of benzene rings is 2. The molecule has 0 aliphatic carbocycles. The SMILES string of the molecule is O=C1Nc2ccccc2/C1=C\c1cc(Cl)ccc1OC(F)F. The number of ether oxygens (including phenoxy) is 1. The average molecular weight is 322 g/mol. The van der Waals surface area contributed by atoms with Gasteiger partial charge < -0.3 is 10.1 Å². The maximum Gasteiger partial charge on any atom is 0.387 e. The Morgan fingerprint density at radius 1 is 1.18 bits per heavy atom. The molecule has 1 amide bonds. The second-order valence-corrected chi connectivity index (χ2v) is 5.05. The number of carbonyl (C=O) groups excluding carboxylic acids is 1. The standard InChI is InChI=1S/C16H10ClF2NO2/c17-10-5-6-14(22-16(18)19)9(7-10)8-12-11-3-1-2-4-13(11)20-15(12)21/h1-8,16H,(H,20,21)/b12-8+. The van der Waals surface area contributed by atoms with E-state index in [1.54, 1.807) is 24.3 Å². The summed E-state index contributed by atoms with van der Waals surface area (Å²) in [5.74, 6) is -0.340. The Kier molecular flexibility index (Phi) is 3.81. The number of halogens is 3. The molecule has 1 aliphatic heterocycles. The van der Waals surface area contributed by atoms with Gasteiger partial charge in [-0.05, 0) is 30.3 Å². The summed E-state index contributed by atoms with van der Waals surface area (Å²) in [7, 11) is 0. The number of rotatable bonds is 3. The Morgan fingerprint density at radius 3 is 2.73 bits per heavy atom. The molecule has 0 saturated carbocycles. The molecule has 3 nitrogen and oxygen atoms in total. The fourth-order valence-electron chi connectivity index (χ4n) is 2.27. The molecular weight excluding hydrogens is 312 g/mol. The first-order chi connectivity index (χ1) is 10.5. The van der Waals surface area contributed by atoms with Crippen molar-refractivity contribution in [1.82, 2.24) is 0 Å². The van der Waals surface area contributed by atoms with E-state index in [0.717, 1.165) is 0 Å². The minimum atomic E-state index is -2.96. The molecule has 2 aromatic rings. The van der Waals surface area contributed by atoms with Crippen LogP contribution in [-0.2, 0) is 4.79 Å². The highest BCUT2D eigenvalue weighted by molar-refractivity contribution is 6.35. The first-order valence-corrected chi connectivity index (χ1v) is 6.79. The third kappa shape index (κ3) is 2.80. The average Bonchev–Trinajstić information content (AvgIpc) is 2.78. The summed E-state index contributed by atoms with van der Waals surface area (Å²) in [6, 6.07) is 11.4. The van der Waals surface area contributed by atoms with Gasteiger partial charge in [-0.2, -0.15) is 8.78 Å². The van der Waals surface area contributed by atoms with E-state index in [-0.39, 0.29) is 11.7 Å². The largest absolute Gasteiger partial charge is 0.434 e. The van der Waals surface area contributed by atoms with Gasteiger partial charge in [0.1, 0.15) is 5.75 Å². The lowest BCUT2D eigenvalue weighted by molar-refractivity contribution is -0.110. The second-order valence-electron chi connectivity index (χ2n) is 4.62. The van der Waals surface area contributed by atoms with Gasteiger partial charge in [0.15, 0.2) is 0 Å². The predicted molar refractivity (Wildman–Crippen MR) is 81.0 cm³/mol. The number of anilines is 1. The number of alkyl halides is 2. The number of amides is 1. The van der Waals surface area contributed by atoms with E-state index in [1.807, 2.05) is 0 Å². The Labute approximate surface area is 130 Å². The summed E-state index contributed by atoms with van der Waals surface area (Å²) < 4.78 is 29.4. The molecule has 6 heteroatoms. The van der Waals surface area contributed by atoms with Crippen LogP contribution in [0.4, 0.5) is 14.5 Å². The van der Waals surface area contributed by atoms with Crippen molar-refractivity contribution in [3.8, 4) is 5.75 Å². The van der Waals surface area contributed by atoms with Gasteiger partial charge in [0, 0.05) is 27.4 Å². The van der Waals surface area contributed by atoms with Crippen molar-refractivity contribution in [3.05, 3.63) is 58.6 Å². The van der Waals surface area contributed by atoms with Gasteiger partial charge in [-0.3, -0.25) is 4.79 Å². The van der Waals surface area contributed by atoms with Crippen LogP contribution < -0.4 is 10.1 Å². The number of hydrogen-bond donors (Lipinski definition) is 1. The zero-order valence-electron chi connectivity index (χ0n) is 11.1. The summed E-state index contributed by atoms with van der Waals surface area (Å²) >= 11 is 5.90. The molecule has 0 aromatic heterocycles. The van der Waals surface area contributed by atoms with Crippen LogP contribution in [0.2, 0.25) is 5.02 Å². The second kappa shape index (κ2) is 5.77. The Balaban J connectivity index is 2.09.